The van der Waals surface area contributed by atoms with Gasteiger partial charge in [-0.3, -0.25) is 0 Å². The fourth-order valence-corrected chi connectivity index (χ4v) is 5.01. The van der Waals surface area contributed by atoms with Crippen LogP contribution in [0.1, 0.15) is 38.3 Å². The molecule has 11 nitrogen and oxygen atoms in total. The van der Waals surface area contributed by atoms with Crippen LogP contribution < -0.4 is 5.32 Å². The Hall–Kier alpha value is -3.53. The van der Waals surface area contributed by atoms with Crippen LogP contribution in [-0.2, 0) is 11.4 Å². The van der Waals surface area contributed by atoms with Gasteiger partial charge in [0.2, 0.25) is 0 Å². The Bertz CT molecular complexity index is 1380. The van der Waals surface area contributed by atoms with E-state index in [4.69, 9.17) is 5.26 Å². The number of anilines is 1. The normalized spacial score (nSPS) is 16.0. The van der Waals surface area contributed by atoms with Crippen molar-refractivity contribution in [1.82, 2.24) is 39.0 Å². The zero-order chi connectivity index (χ0) is 24.5. The molecule has 0 spiro atoms. The van der Waals surface area contributed by atoms with Crippen LogP contribution >= 0.6 is 0 Å². The van der Waals surface area contributed by atoms with Gasteiger partial charge in [-0.2, -0.15) is 15.0 Å². The molecule has 1 aliphatic rings. The molecule has 1 N–H and O–H groups in total. The standard InChI is InChI=1S/C23H26N10OS/c1-15(2)28-20-9-22(33-23-17(12-27-33)8-16(10-24)11-26-23)25-13-19(20)21-14-32(30-29-21)18-4-6-31(7-5-18)35(3)34/h8-9,11-15,18H,4-7H2,1-3H3,(H,25,28). The van der Waals surface area contributed by atoms with Crippen molar-refractivity contribution in [3.05, 3.63) is 42.5 Å². The second-order valence-electron chi connectivity index (χ2n) is 8.86. The van der Waals surface area contributed by atoms with Crippen LogP contribution in [0.3, 0.4) is 0 Å². The molecule has 1 fully saturated rings. The molecule has 5 rings (SSSR count). The zero-order valence-electron chi connectivity index (χ0n) is 19.8. The quantitative estimate of drug-likeness (QED) is 0.404. The van der Waals surface area contributed by atoms with Gasteiger partial charge in [-0.25, -0.2) is 14.6 Å². The first-order valence-electron chi connectivity index (χ1n) is 11.4. The molecule has 0 saturated carbocycles. The number of aromatic nitrogens is 7. The summed E-state index contributed by atoms with van der Waals surface area (Å²) in [6, 6.07) is 6.20. The molecule has 4 aromatic rings. The van der Waals surface area contributed by atoms with E-state index < -0.39 is 11.4 Å². The molecule has 0 aliphatic carbocycles. The van der Waals surface area contributed by atoms with Crippen LogP contribution in [0.5, 0.6) is 0 Å². The van der Waals surface area contributed by atoms with Crippen molar-refractivity contribution in [3.8, 4) is 23.1 Å². The van der Waals surface area contributed by atoms with E-state index in [2.05, 4.69) is 50.6 Å². The Kier molecular flexibility index (Phi) is 6.38. The largest absolute Gasteiger partial charge is 0.598 e. The second-order valence-corrected chi connectivity index (χ2v) is 10.2. The number of pyridine rings is 2. The van der Waals surface area contributed by atoms with E-state index in [1.165, 1.54) is 6.20 Å². The topological polar surface area (TPSA) is 136 Å². The number of nitrogens with one attached hydrogen (secondary N) is 1. The van der Waals surface area contributed by atoms with Gasteiger partial charge < -0.3 is 9.87 Å². The van der Waals surface area contributed by atoms with Gasteiger partial charge in [0, 0.05) is 65.6 Å². The Morgan fingerprint density at radius 3 is 2.69 bits per heavy atom. The van der Waals surface area contributed by atoms with E-state index in [-0.39, 0.29) is 12.1 Å². The lowest BCUT2D eigenvalue weighted by molar-refractivity contribution is 0.259. The van der Waals surface area contributed by atoms with E-state index in [0.29, 0.717) is 17.0 Å². The number of rotatable bonds is 6. The molecule has 4 aromatic heterocycles. The number of nitriles is 1. The van der Waals surface area contributed by atoms with Gasteiger partial charge in [0.15, 0.2) is 11.5 Å². The monoisotopic (exact) mass is 490 g/mol. The van der Waals surface area contributed by atoms with Crippen molar-refractivity contribution in [2.45, 2.75) is 38.8 Å². The molecule has 1 saturated heterocycles. The van der Waals surface area contributed by atoms with Crippen molar-refractivity contribution in [2.75, 3.05) is 24.7 Å². The first-order valence-corrected chi connectivity index (χ1v) is 13.0. The SMILES string of the molecule is CC(C)Nc1cc(-n2ncc3cc(C#N)cnc32)ncc1-c1cn(C2CCN([S+](C)[O-])CC2)nn1. The van der Waals surface area contributed by atoms with E-state index in [1.54, 1.807) is 29.4 Å². The molecule has 0 radical (unpaired) electrons. The van der Waals surface area contributed by atoms with Crippen LogP contribution in [0.4, 0.5) is 5.69 Å². The fourth-order valence-electron chi connectivity index (χ4n) is 4.29. The average Bonchev–Trinajstić information content (AvgIpc) is 3.51. The summed E-state index contributed by atoms with van der Waals surface area (Å²) in [5.41, 5.74) is 3.56. The first kappa shape index (κ1) is 23.2. The summed E-state index contributed by atoms with van der Waals surface area (Å²) in [7, 11) is 0. The lowest BCUT2D eigenvalue weighted by Crippen LogP contribution is -2.38. The smallest absolute Gasteiger partial charge is 0.164 e. The number of hydrogen-bond donors (Lipinski definition) is 1. The van der Waals surface area contributed by atoms with Crippen molar-refractivity contribution in [1.29, 1.82) is 5.26 Å². The summed E-state index contributed by atoms with van der Waals surface area (Å²) in [6.45, 7) is 5.70. The van der Waals surface area contributed by atoms with Gasteiger partial charge in [-0.05, 0) is 32.8 Å². The summed E-state index contributed by atoms with van der Waals surface area (Å²) in [5.74, 6) is 0.608. The maximum Gasteiger partial charge on any atom is 0.164 e. The summed E-state index contributed by atoms with van der Waals surface area (Å²) < 4.78 is 17.3. The van der Waals surface area contributed by atoms with Crippen molar-refractivity contribution >= 4 is 28.1 Å². The molecule has 0 bridgehead atoms. The molecular weight excluding hydrogens is 464 g/mol. The lowest BCUT2D eigenvalue weighted by Gasteiger charge is -2.30. The molecule has 1 aliphatic heterocycles. The Balaban J connectivity index is 1.45. The third-order valence-electron chi connectivity index (χ3n) is 6.04. The Morgan fingerprint density at radius 1 is 1.17 bits per heavy atom. The zero-order valence-corrected chi connectivity index (χ0v) is 20.6. The molecule has 35 heavy (non-hydrogen) atoms. The van der Waals surface area contributed by atoms with Gasteiger partial charge in [-0.1, -0.05) is 5.21 Å². The Labute approximate surface area is 206 Å². The van der Waals surface area contributed by atoms with Crippen LogP contribution in [-0.4, -0.2) is 69.0 Å². The second kappa shape index (κ2) is 9.61. The van der Waals surface area contributed by atoms with Crippen LogP contribution in [0.15, 0.2) is 36.9 Å². The maximum atomic E-state index is 11.7. The van der Waals surface area contributed by atoms with E-state index in [9.17, 15) is 4.55 Å². The van der Waals surface area contributed by atoms with Crippen LogP contribution in [0.25, 0.3) is 28.1 Å². The van der Waals surface area contributed by atoms with Crippen molar-refractivity contribution in [2.24, 2.45) is 0 Å². The van der Waals surface area contributed by atoms with Crippen LogP contribution in [0, 0.1) is 11.3 Å². The third kappa shape index (κ3) is 4.70. The Morgan fingerprint density at radius 2 is 1.97 bits per heavy atom. The minimum absolute atomic E-state index is 0.184. The summed E-state index contributed by atoms with van der Waals surface area (Å²) in [5, 5.41) is 26.7. The predicted octanol–water partition coefficient (Wildman–Crippen LogP) is 2.70. The minimum Gasteiger partial charge on any atom is -0.598 e. The highest BCUT2D eigenvalue weighted by Crippen LogP contribution is 2.30. The highest BCUT2D eigenvalue weighted by Gasteiger charge is 2.26. The number of piperidine rings is 1. The highest BCUT2D eigenvalue weighted by atomic mass is 32.2. The number of fused-ring (bicyclic) bond motifs is 1. The lowest BCUT2D eigenvalue weighted by atomic mass is 10.1. The van der Waals surface area contributed by atoms with Gasteiger partial charge in [-0.15, -0.1) is 9.40 Å². The average molecular weight is 491 g/mol. The maximum absolute atomic E-state index is 11.7. The first-order chi connectivity index (χ1) is 16.9. The summed E-state index contributed by atoms with van der Waals surface area (Å²) in [4.78, 5) is 9.05. The predicted molar refractivity (Wildman–Crippen MR) is 133 cm³/mol. The number of nitrogens with zero attached hydrogens (tertiary/aromatic N) is 9. The minimum atomic E-state index is -0.937. The van der Waals surface area contributed by atoms with Gasteiger partial charge >= 0.3 is 0 Å². The van der Waals surface area contributed by atoms with Gasteiger partial charge in [0.1, 0.15) is 18.0 Å². The molecule has 5 heterocycles. The molecule has 0 amide bonds. The van der Waals surface area contributed by atoms with Gasteiger partial charge in [0.25, 0.3) is 0 Å². The van der Waals surface area contributed by atoms with Gasteiger partial charge in [0.05, 0.1) is 24.0 Å². The van der Waals surface area contributed by atoms with Crippen LogP contribution in [0.2, 0.25) is 0 Å². The molecule has 0 aromatic carbocycles. The molecule has 1 atom stereocenters. The molecule has 12 heteroatoms. The highest BCUT2D eigenvalue weighted by molar-refractivity contribution is 7.88. The van der Waals surface area contributed by atoms with E-state index >= 15 is 0 Å². The third-order valence-corrected chi connectivity index (χ3v) is 7.13. The molecule has 1 unspecified atom stereocenters. The van der Waals surface area contributed by atoms with Crippen molar-refractivity contribution in [3.63, 3.8) is 0 Å². The summed E-state index contributed by atoms with van der Waals surface area (Å²) in [6.07, 6.45) is 10.4. The van der Waals surface area contributed by atoms with E-state index in [0.717, 1.165) is 48.3 Å². The van der Waals surface area contributed by atoms with E-state index in [1.807, 2.05) is 21.3 Å². The molecule has 180 valence electrons. The van der Waals surface area contributed by atoms with Crippen molar-refractivity contribution < 1.29 is 4.55 Å². The fraction of sp³-hybridized carbons (Fsp3) is 0.391. The summed E-state index contributed by atoms with van der Waals surface area (Å²) >= 11 is -0.937. The number of hydrogen-bond acceptors (Lipinski definition) is 9. The molecular formula is C23H26N10OS.